The summed E-state index contributed by atoms with van der Waals surface area (Å²) in [6, 6.07) is 18.5. The lowest BCUT2D eigenvalue weighted by Gasteiger charge is -2.15. The van der Waals surface area contributed by atoms with Crippen molar-refractivity contribution in [3.63, 3.8) is 0 Å². The van der Waals surface area contributed by atoms with Gasteiger partial charge in [0, 0.05) is 22.1 Å². The summed E-state index contributed by atoms with van der Waals surface area (Å²) in [6.07, 6.45) is 0.631. The SMILES string of the molecule is CC(C)Oc1ccc(NC2=C(c3cccs3)C(=O)N(CCc3ccc(Cl)cc3)C2=O)cc1. The van der Waals surface area contributed by atoms with Crippen LogP contribution in [0.4, 0.5) is 5.69 Å². The summed E-state index contributed by atoms with van der Waals surface area (Å²) in [5.74, 6) is 0.139. The number of anilines is 1. The molecule has 0 atom stereocenters. The molecular formula is C25H23ClN2O3S. The number of nitrogens with zero attached hydrogens (tertiary/aromatic N) is 1. The van der Waals surface area contributed by atoms with Gasteiger partial charge in [0.15, 0.2) is 0 Å². The first-order chi connectivity index (χ1) is 15.4. The Bertz CT molecular complexity index is 1140. The number of rotatable bonds is 8. The number of hydrogen-bond acceptors (Lipinski definition) is 5. The zero-order valence-electron chi connectivity index (χ0n) is 17.8. The van der Waals surface area contributed by atoms with Crippen LogP contribution in [0.2, 0.25) is 5.02 Å². The second kappa shape index (κ2) is 9.59. The zero-order valence-corrected chi connectivity index (χ0v) is 19.4. The molecule has 2 amide bonds. The van der Waals surface area contributed by atoms with E-state index < -0.39 is 0 Å². The Hall–Kier alpha value is -3.09. The van der Waals surface area contributed by atoms with E-state index >= 15 is 0 Å². The normalized spacial score (nSPS) is 13.9. The van der Waals surface area contributed by atoms with Crippen LogP contribution in [0.15, 0.2) is 71.7 Å². The highest BCUT2D eigenvalue weighted by Gasteiger charge is 2.39. The first-order valence-corrected chi connectivity index (χ1v) is 11.6. The molecule has 1 aliphatic heterocycles. The van der Waals surface area contributed by atoms with E-state index in [0.29, 0.717) is 34.9 Å². The molecule has 1 N–H and O–H groups in total. The van der Waals surface area contributed by atoms with E-state index in [4.69, 9.17) is 16.3 Å². The van der Waals surface area contributed by atoms with Crippen LogP contribution >= 0.6 is 22.9 Å². The van der Waals surface area contributed by atoms with E-state index in [1.54, 1.807) is 12.1 Å². The highest BCUT2D eigenvalue weighted by Crippen LogP contribution is 2.33. The van der Waals surface area contributed by atoms with E-state index in [9.17, 15) is 9.59 Å². The summed E-state index contributed by atoms with van der Waals surface area (Å²) in [5, 5.41) is 5.72. The lowest BCUT2D eigenvalue weighted by atomic mass is 10.1. The summed E-state index contributed by atoms with van der Waals surface area (Å²) >= 11 is 7.39. The Kier molecular flexibility index (Phi) is 6.63. The van der Waals surface area contributed by atoms with E-state index in [1.807, 2.05) is 67.8 Å². The molecule has 7 heteroatoms. The fourth-order valence-electron chi connectivity index (χ4n) is 3.47. The molecule has 0 fully saturated rings. The van der Waals surface area contributed by atoms with E-state index in [-0.39, 0.29) is 17.9 Å². The van der Waals surface area contributed by atoms with Gasteiger partial charge in [0.05, 0.1) is 11.7 Å². The molecule has 164 valence electrons. The van der Waals surface area contributed by atoms with Gasteiger partial charge in [-0.1, -0.05) is 29.8 Å². The maximum atomic E-state index is 13.3. The monoisotopic (exact) mass is 466 g/mol. The lowest BCUT2D eigenvalue weighted by molar-refractivity contribution is -0.136. The van der Waals surface area contributed by atoms with Gasteiger partial charge in [0.1, 0.15) is 11.4 Å². The molecule has 2 heterocycles. The Morgan fingerprint density at radius 2 is 1.72 bits per heavy atom. The maximum Gasteiger partial charge on any atom is 0.278 e. The molecule has 32 heavy (non-hydrogen) atoms. The van der Waals surface area contributed by atoms with Crippen LogP contribution in [0.3, 0.4) is 0 Å². The van der Waals surface area contributed by atoms with Gasteiger partial charge >= 0.3 is 0 Å². The van der Waals surface area contributed by atoms with Crippen LogP contribution in [0, 0.1) is 0 Å². The molecule has 4 rings (SSSR count). The molecule has 1 aliphatic rings. The van der Waals surface area contributed by atoms with Crippen molar-refractivity contribution in [3.05, 3.63) is 87.2 Å². The number of nitrogens with one attached hydrogen (secondary N) is 1. The van der Waals surface area contributed by atoms with Crippen LogP contribution in [0.5, 0.6) is 5.75 Å². The van der Waals surface area contributed by atoms with Gasteiger partial charge in [-0.2, -0.15) is 0 Å². The topological polar surface area (TPSA) is 58.6 Å². The van der Waals surface area contributed by atoms with Crippen molar-refractivity contribution < 1.29 is 14.3 Å². The standard InChI is InChI=1S/C25H23ClN2O3S/c1-16(2)31-20-11-9-19(10-12-20)27-23-22(21-4-3-15-32-21)24(29)28(25(23)30)14-13-17-5-7-18(26)8-6-17/h3-12,15-16,27H,13-14H2,1-2H3. The number of benzene rings is 2. The zero-order chi connectivity index (χ0) is 22.7. The molecule has 0 radical (unpaired) electrons. The molecule has 0 saturated carbocycles. The van der Waals surface area contributed by atoms with Gasteiger partial charge in [0.2, 0.25) is 0 Å². The average molecular weight is 467 g/mol. The molecule has 2 aromatic carbocycles. The summed E-state index contributed by atoms with van der Waals surface area (Å²) in [5.41, 5.74) is 2.43. The second-order valence-corrected chi connectivity index (χ2v) is 9.07. The summed E-state index contributed by atoms with van der Waals surface area (Å²) in [6.45, 7) is 4.22. The summed E-state index contributed by atoms with van der Waals surface area (Å²) < 4.78 is 5.68. The van der Waals surface area contributed by atoms with Gasteiger partial charge in [-0.3, -0.25) is 14.5 Å². The first kappa shape index (κ1) is 22.1. The summed E-state index contributed by atoms with van der Waals surface area (Å²) in [7, 11) is 0. The van der Waals surface area contributed by atoms with E-state index in [1.165, 1.54) is 16.2 Å². The molecule has 0 bridgehead atoms. The molecule has 1 aromatic heterocycles. The first-order valence-electron chi connectivity index (χ1n) is 10.3. The minimum absolute atomic E-state index is 0.0742. The number of halogens is 1. The predicted molar refractivity (Wildman–Crippen MR) is 129 cm³/mol. The second-order valence-electron chi connectivity index (χ2n) is 7.68. The molecule has 5 nitrogen and oxygen atoms in total. The quantitative estimate of drug-likeness (QED) is 0.437. The fourth-order valence-corrected chi connectivity index (χ4v) is 4.36. The third-order valence-corrected chi connectivity index (χ3v) is 6.11. The van der Waals surface area contributed by atoms with Gasteiger partial charge in [0.25, 0.3) is 11.8 Å². The Morgan fingerprint density at radius 1 is 1.00 bits per heavy atom. The van der Waals surface area contributed by atoms with Crippen LogP contribution in [-0.2, 0) is 16.0 Å². The minimum Gasteiger partial charge on any atom is -0.491 e. The van der Waals surface area contributed by atoms with Crippen molar-refractivity contribution in [3.8, 4) is 5.75 Å². The minimum atomic E-state index is -0.324. The number of amides is 2. The Morgan fingerprint density at radius 3 is 2.34 bits per heavy atom. The van der Waals surface area contributed by atoms with Gasteiger partial charge < -0.3 is 10.1 Å². The number of imide groups is 1. The number of ether oxygens (including phenoxy) is 1. The Balaban J connectivity index is 1.57. The fraction of sp³-hybridized carbons (Fsp3) is 0.200. The van der Waals surface area contributed by atoms with Crippen molar-refractivity contribution in [2.75, 3.05) is 11.9 Å². The van der Waals surface area contributed by atoms with Gasteiger partial charge in [-0.25, -0.2) is 0 Å². The number of thiophene rings is 1. The van der Waals surface area contributed by atoms with Crippen molar-refractivity contribution in [2.24, 2.45) is 0 Å². The van der Waals surface area contributed by atoms with Crippen molar-refractivity contribution >= 4 is 46.0 Å². The van der Waals surface area contributed by atoms with Crippen molar-refractivity contribution in [1.82, 2.24) is 4.90 Å². The third-order valence-electron chi connectivity index (χ3n) is 4.97. The molecule has 0 spiro atoms. The molecule has 0 saturated heterocycles. The number of carbonyl (C=O) groups excluding carboxylic acids is 2. The average Bonchev–Trinajstić information content (AvgIpc) is 3.36. The van der Waals surface area contributed by atoms with Crippen molar-refractivity contribution in [1.29, 1.82) is 0 Å². The lowest BCUT2D eigenvalue weighted by Crippen LogP contribution is -2.34. The maximum absolute atomic E-state index is 13.3. The molecule has 0 aliphatic carbocycles. The predicted octanol–water partition coefficient (Wildman–Crippen LogP) is 5.62. The third kappa shape index (κ3) is 4.87. The Labute approximate surface area is 196 Å². The number of carbonyl (C=O) groups is 2. The molecular weight excluding hydrogens is 444 g/mol. The largest absolute Gasteiger partial charge is 0.491 e. The van der Waals surface area contributed by atoms with Crippen LogP contribution < -0.4 is 10.1 Å². The summed E-state index contributed by atoms with van der Waals surface area (Å²) in [4.78, 5) is 28.6. The van der Waals surface area contributed by atoms with Crippen LogP contribution in [-0.4, -0.2) is 29.4 Å². The highest BCUT2D eigenvalue weighted by molar-refractivity contribution is 7.11. The van der Waals surface area contributed by atoms with Gasteiger partial charge in [-0.15, -0.1) is 11.3 Å². The molecule has 3 aromatic rings. The van der Waals surface area contributed by atoms with Gasteiger partial charge in [-0.05, 0) is 73.7 Å². The van der Waals surface area contributed by atoms with Crippen LogP contribution in [0.25, 0.3) is 5.57 Å². The van der Waals surface area contributed by atoms with Crippen LogP contribution in [0.1, 0.15) is 24.3 Å². The van der Waals surface area contributed by atoms with E-state index in [0.717, 1.165) is 16.2 Å². The van der Waals surface area contributed by atoms with Crippen molar-refractivity contribution in [2.45, 2.75) is 26.4 Å². The smallest absolute Gasteiger partial charge is 0.278 e. The number of hydrogen-bond donors (Lipinski definition) is 1. The van der Waals surface area contributed by atoms with E-state index in [2.05, 4.69) is 5.32 Å². The highest BCUT2D eigenvalue weighted by atomic mass is 35.5. The molecule has 0 unspecified atom stereocenters.